The van der Waals surface area contributed by atoms with Gasteiger partial charge in [0.25, 0.3) is 0 Å². The number of nitrogens with one attached hydrogen (secondary N) is 1. The van der Waals surface area contributed by atoms with E-state index in [-0.39, 0.29) is 11.9 Å². The van der Waals surface area contributed by atoms with E-state index >= 15 is 0 Å². The maximum atomic E-state index is 12.5. The summed E-state index contributed by atoms with van der Waals surface area (Å²) in [5.41, 5.74) is 3.30. The van der Waals surface area contributed by atoms with E-state index in [1.807, 2.05) is 53.2 Å². The summed E-state index contributed by atoms with van der Waals surface area (Å²) in [6.45, 7) is 2.91. The van der Waals surface area contributed by atoms with Crippen LogP contribution in [-0.2, 0) is 31.5 Å². The Kier molecular flexibility index (Phi) is 4.97. The number of carbonyl (C=O) groups is 1. The lowest BCUT2D eigenvalue weighted by molar-refractivity contribution is -0.122. The molecule has 0 fully saturated rings. The van der Waals surface area contributed by atoms with Crippen molar-refractivity contribution in [3.05, 3.63) is 66.0 Å². The van der Waals surface area contributed by atoms with Gasteiger partial charge in [-0.25, -0.2) is 0 Å². The van der Waals surface area contributed by atoms with E-state index in [0.29, 0.717) is 13.0 Å². The van der Waals surface area contributed by atoms with E-state index in [4.69, 9.17) is 0 Å². The summed E-state index contributed by atoms with van der Waals surface area (Å²) >= 11 is 0. The molecule has 0 radical (unpaired) electrons. The van der Waals surface area contributed by atoms with E-state index in [0.717, 1.165) is 30.9 Å². The molecule has 140 valence electrons. The molecule has 4 rings (SSSR count). The highest BCUT2D eigenvalue weighted by atomic mass is 16.1. The van der Waals surface area contributed by atoms with E-state index in [1.54, 1.807) is 12.4 Å². The number of fused-ring (bicyclic) bond motifs is 1. The van der Waals surface area contributed by atoms with E-state index in [2.05, 4.69) is 25.4 Å². The summed E-state index contributed by atoms with van der Waals surface area (Å²) < 4.78 is 3.80. The Morgan fingerprint density at radius 1 is 1.22 bits per heavy atom. The molecule has 0 saturated heterocycles. The lowest BCUT2D eigenvalue weighted by Gasteiger charge is -2.33. The van der Waals surface area contributed by atoms with E-state index in [1.165, 1.54) is 5.56 Å². The van der Waals surface area contributed by atoms with Gasteiger partial charge in [-0.05, 0) is 17.7 Å². The molecule has 3 aromatic rings. The Hall–Kier alpha value is -3.00. The topological polar surface area (TPSA) is 80.9 Å². The summed E-state index contributed by atoms with van der Waals surface area (Å²) in [5, 5.41) is 11.7. The Bertz CT molecular complexity index is 902. The predicted molar refractivity (Wildman–Crippen MR) is 99.3 cm³/mol. The van der Waals surface area contributed by atoms with Gasteiger partial charge < -0.3 is 5.32 Å². The summed E-state index contributed by atoms with van der Waals surface area (Å²) in [4.78, 5) is 18.9. The number of carbonyl (C=O) groups excluding carboxylic acids is 1. The van der Waals surface area contributed by atoms with Gasteiger partial charge >= 0.3 is 0 Å². The molecule has 3 aromatic heterocycles. The van der Waals surface area contributed by atoms with Crippen LogP contribution in [0.25, 0.3) is 0 Å². The summed E-state index contributed by atoms with van der Waals surface area (Å²) in [5.74, 6) is 0.0218. The lowest BCUT2D eigenvalue weighted by atomic mass is 10.1. The summed E-state index contributed by atoms with van der Waals surface area (Å²) in [6, 6.07) is 5.87. The standard InChI is InChI=1S/C19H23N7O/c1-24-11-16(10-23-24)12-25-13-17-4-6-22-26(17)18(14-25)7-19(27)21-9-15-3-2-5-20-8-15/h2-6,8,10-11,18H,7,9,12-14H2,1H3,(H,21,27)/t18-/m1/s1. The maximum Gasteiger partial charge on any atom is 0.222 e. The molecule has 1 amide bonds. The third-order valence-electron chi connectivity index (χ3n) is 4.75. The maximum absolute atomic E-state index is 12.5. The first kappa shape index (κ1) is 17.4. The summed E-state index contributed by atoms with van der Waals surface area (Å²) in [6.07, 6.45) is 9.62. The zero-order valence-corrected chi connectivity index (χ0v) is 15.3. The third kappa shape index (κ3) is 4.22. The van der Waals surface area contributed by atoms with Crippen molar-refractivity contribution in [2.24, 2.45) is 7.05 Å². The number of nitrogens with zero attached hydrogens (tertiary/aromatic N) is 6. The minimum Gasteiger partial charge on any atom is -0.352 e. The van der Waals surface area contributed by atoms with Gasteiger partial charge in [-0.3, -0.25) is 24.0 Å². The average molecular weight is 365 g/mol. The van der Waals surface area contributed by atoms with Crippen LogP contribution in [0.3, 0.4) is 0 Å². The first-order chi connectivity index (χ1) is 13.2. The van der Waals surface area contributed by atoms with Gasteiger partial charge in [0.15, 0.2) is 0 Å². The number of rotatable bonds is 6. The van der Waals surface area contributed by atoms with Crippen LogP contribution in [0.1, 0.15) is 29.3 Å². The Morgan fingerprint density at radius 2 is 2.15 bits per heavy atom. The minimum absolute atomic E-state index is 0.0218. The predicted octanol–water partition coefficient (Wildman–Crippen LogP) is 1.27. The molecular formula is C19H23N7O. The molecule has 4 heterocycles. The van der Waals surface area contributed by atoms with Crippen LogP contribution in [0.2, 0.25) is 0 Å². The van der Waals surface area contributed by atoms with Crippen LogP contribution in [0, 0.1) is 0 Å². The Morgan fingerprint density at radius 3 is 2.93 bits per heavy atom. The Balaban J connectivity index is 1.39. The lowest BCUT2D eigenvalue weighted by Crippen LogP contribution is -2.39. The molecule has 0 aromatic carbocycles. The van der Waals surface area contributed by atoms with Crippen LogP contribution in [-0.4, -0.2) is 41.9 Å². The first-order valence-corrected chi connectivity index (χ1v) is 9.05. The molecule has 1 aliphatic heterocycles. The zero-order valence-electron chi connectivity index (χ0n) is 15.3. The number of hydrogen-bond donors (Lipinski definition) is 1. The second-order valence-corrected chi connectivity index (χ2v) is 6.95. The molecule has 1 N–H and O–H groups in total. The molecule has 0 unspecified atom stereocenters. The largest absolute Gasteiger partial charge is 0.352 e. The van der Waals surface area contributed by atoms with Crippen molar-refractivity contribution in [1.82, 2.24) is 34.8 Å². The van der Waals surface area contributed by atoms with Gasteiger partial charge in [-0.2, -0.15) is 10.2 Å². The van der Waals surface area contributed by atoms with Gasteiger partial charge in [0, 0.05) is 63.6 Å². The Labute approximate surface area is 157 Å². The number of pyridine rings is 1. The highest BCUT2D eigenvalue weighted by Crippen LogP contribution is 2.24. The van der Waals surface area contributed by atoms with Gasteiger partial charge in [-0.1, -0.05) is 6.07 Å². The van der Waals surface area contributed by atoms with Crippen molar-refractivity contribution in [1.29, 1.82) is 0 Å². The van der Waals surface area contributed by atoms with Crippen LogP contribution in [0.4, 0.5) is 0 Å². The van der Waals surface area contributed by atoms with Crippen LogP contribution >= 0.6 is 0 Å². The van der Waals surface area contributed by atoms with Gasteiger partial charge in [-0.15, -0.1) is 0 Å². The molecule has 0 bridgehead atoms. The minimum atomic E-state index is 0.0218. The van der Waals surface area contributed by atoms with Crippen molar-refractivity contribution in [2.75, 3.05) is 6.54 Å². The van der Waals surface area contributed by atoms with Crippen LogP contribution in [0.5, 0.6) is 0 Å². The molecule has 8 heteroatoms. The van der Waals surface area contributed by atoms with Crippen LogP contribution < -0.4 is 5.32 Å². The van der Waals surface area contributed by atoms with E-state index < -0.39 is 0 Å². The molecule has 0 spiro atoms. The average Bonchev–Trinajstić information content (AvgIpc) is 3.30. The monoisotopic (exact) mass is 365 g/mol. The fourth-order valence-electron chi connectivity index (χ4n) is 3.54. The van der Waals surface area contributed by atoms with Crippen molar-refractivity contribution >= 4 is 5.91 Å². The fraction of sp³-hybridized carbons (Fsp3) is 0.368. The van der Waals surface area contributed by atoms with Crippen LogP contribution in [0.15, 0.2) is 49.2 Å². The number of hydrogen-bond acceptors (Lipinski definition) is 5. The normalized spacial score (nSPS) is 16.9. The van der Waals surface area contributed by atoms with E-state index in [9.17, 15) is 4.79 Å². The highest BCUT2D eigenvalue weighted by molar-refractivity contribution is 5.76. The molecular weight excluding hydrogens is 342 g/mol. The second kappa shape index (κ2) is 7.71. The van der Waals surface area contributed by atoms with Gasteiger partial charge in [0.2, 0.25) is 5.91 Å². The molecule has 0 aliphatic carbocycles. The van der Waals surface area contributed by atoms with Gasteiger partial charge in [0.05, 0.1) is 24.4 Å². The summed E-state index contributed by atoms with van der Waals surface area (Å²) in [7, 11) is 1.92. The molecule has 1 aliphatic rings. The fourth-order valence-corrected chi connectivity index (χ4v) is 3.54. The SMILES string of the molecule is Cn1cc(CN2Cc3ccnn3[C@H](CC(=O)NCc3cccnc3)C2)cn1. The number of amides is 1. The van der Waals surface area contributed by atoms with Crippen molar-refractivity contribution < 1.29 is 4.79 Å². The third-order valence-corrected chi connectivity index (χ3v) is 4.75. The molecule has 27 heavy (non-hydrogen) atoms. The van der Waals surface area contributed by atoms with Crippen molar-refractivity contribution in [3.8, 4) is 0 Å². The first-order valence-electron chi connectivity index (χ1n) is 9.05. The highest BCUT2D eigenvalue weighted by Gasteiger charge is 2.27. The molecule has 8 nitrogen and oxygen atoms in total. The number of aryl methyl sites for hydroxylation is 1. The molecule has 0 saturated carbocycles. The van der Waals surface area contributed by atoms with Crippen molar-refractivity contribution in [3.63, 3.8) is 0 Å². The quantitative estimate of drug-likeness (QED) is 0.712. The van der Waals surface area contributed by atoms with Crippen molar-refractivity contribution in [2.45, 2.75) is 32.1 Å². The van der Waals surface area contributed by atoms with Gasteiger partial charge in [0.1, 0.15) is 0 Å². The number of aromatic nitrogens is 5. The second-order valence-electron chi connectivity index (χ2n) is 6.95. The zero-order chi connectivity index (χ0) is 18.6. The molecule has 1 atom stereocenters. The smallest absolute Gasteiger partial charge is 0.222 e.